The van der Waals surface area contributed by atoms with Crippen molar-refractivity contribution >= 4 is 5.96 Å². The highest BCUT2D eigenvalue weighted by atomic mass is 16.4. The number of aromatic nitrogens is 1. The fourth-order valence-electron chi connectivity index (χ4n) is 4.02. The second kappa shape index (κ2) is 8.59. The van der Waals surface area contributed by atoms with Gasteiger partial charge in [0.15, 0.2) is 5.96 Å². The summed E-state index contributed by atoms with van der Waals surface area (Å²) in [7, 11) is 1.81. The first-order valence-electron chi connectivity index (χ1n) is 9.97. The van der Waals surface area contributed by atoms with Crippen LogP contribution in [-0.4, -0.2) is 24.5 Å². The molecule has 5 heteroatoms. The minimum atomic E-state index is 0.179. The molecule has 1 aliphatic carbocycles. The lowest BCUT2D eigenvalue weighted by Gasteiger charge is -2.38. The highest BCUT2D eigenvalue weighted by Crippen LogP contribution is 2.39. The van der Waals surface area contributed by atoms with Gasteiger partial charge >= 0.3 is 0 Å². The Kier molecular flexibility index (Phi) is 6.19. The van der Waals surface area contributed by atoms with E-state index in [0.717, 1.165) is 24.0 Å². The van der Waals surface area contributed by atoms with Crippen LogP contribution in [0.5, 0.6) is 0 Å². The van der Waals surface area contributed by atoms with E-state index in [2.05, 4.69) is 51.8 Å². The molecule has 5 nitrogen and oxygen atoms in total. The average molecular weight is 369 g/mol. The number of benzene rings is 1. The standard InChI is InChI=1S/C22H32N4O/c1-16-9-8-10-19(13-16)22(11-6-5-7-12-22)15-25-21(23-4)24-14-20-26-17(2)18(3)27-20/h8-10,13H,5-7,11-12,14-15H2,1-4H3,(H2,23,24,25). The largest absolute Gasteiger partial charge is 0.444 e. The van der Waals surface area contributed by atoms with Crippen LogP contribution in [0.25, 0.3) is 0 Å². The number of oxazole rings is 1. The van der Waals surface area contributed by atoms with Crippen LogP contribution < -0.4 is 10.6 Å². The van der Waals surface area contributed by atoms with Crippen molar-refractivity contribution in [2.45, 2.75) is 64.8 Å². The summed E-state index contributed by atoms with van der Waals surface area (Å²) >= 11 is 0. The van der Waals surface area contributed by atoms with Crippen LogP contribution in [0.3, 0.4) is 0 Å². The molecule has 0 saturated heterocycles. The van der Waals surface area contributed by atoms with Crippen molar-refractivity contribution in [1.82, 2.24) is 15.6 Å². The van der Waals surface area contributed by atoms with E-state index >= 15 is 0 Å². The lowest BCUT2D eigenvalue weighted by Crippen LogP contribution is -2.46. The quantitative estimate of drug-likeness (QED) is 0.614. The molecule has 1 heterocycles. The molecule has 1 aromatic heterocycles. The molecule has 27 heavy (non-hydrogen) atoms. The van der Waals surface area contributed by atoms with Crippen molar-refractivity contribution in [2.75, 3.05) is 13.6 Å². The maximum atomic E-state index is 5.65. The number of guanidine groups is 1. The smallest absolute Gasteiger partial charge is 0.214 e. The lowest BCUT2D eigenvalue weighted by atomic mass is 9.69. The summed E-state index contributed by atoms with van der Waals surface area (Å²) in [6.45, 7) is 7.50. The molecule has 1 aliphatic rings. The first-order chi connectivity index (χ1) is 13.0. The van der Waals surface area contributed by atoms with Crippen LogP contribution in [0, 0.1) is 20.8 Å². The zero-order chi connectivity index (χ0) is 19.3. The molecule has 146 valence electrons. The van der Waals surface area contributed by atoms with E-state index in [9.17, 15) is 0 Å². The Labute approximate surface area is 162 Å². The molecule has 2 aromatic rings. The molecule has 0 bridgehead atoms. The van der Waals surface area contributed by atoms with Gasteiger partial charge in [-0.2, -0.15) is 0 Å². The summed E-state index contributed by atoms with van der Waals surface area (Å²) in [6, 6.07) is 8.99. The molecule has 1 saturated carbocycles. The first kappa shape index (κ1) is 19.5. The summed E-state index contributed by atoms with van der Waals surface area (Å²) in [5.41, 5.74) is 3.90. The lowest BCUT2D eigenvalue weighted by molar-refractivity contribution is 0.291. The fourth-order valence-corrected chi connectivity index (χ4v) is 4.02. The maximum Gasteiger partial charge on any atom is 0.214 e. The third-order valence-corrected chi connectivity index (χ3v) is 5.74. The molecular weight excluding hydrogens is 336 g/mol. The van der Waals surface area contributed by atoms with Gasteiger partial charge in [0.2, 0.25) is 5.89 Å². The van der Waals surface area contributed by atoms with Crippen LogP contribution in [0.2, 0.25) is 0 Å². The van der Waals surface area contributed by atoms with Gasteiger partial charge in [-0.15, -0.1) is 0 Å². The van der Waals surface area contributed by atoms with Crippen LogP contribution in [0.1, 0.15) is 60.6 Å². The number of aryl methyl sites for hydroxylation is 3. The van der Waals surface area contributed by atoms with Crippen LogP contribution in [0.15, 0.2) is 33.7 Å². The van der Waals surface area contributed by atoms with Crippen molar-refractivity contribution < 1.29 is 4.42 Å². The molecule has 0 aliphatic heterocycles. The molecular formula is C22H32N4O. The predicted octanol–water partition coefficient (Wildman–Crippen LogP) is 4.17. The molecule has 1 fully saturated rings. The van der Waals surface area contributed by atoms with Crippen molar-refractivity contribution in [2.24, 2.45) is 4.99 Å². The number of nitrogens with one attached hydrogen (secondary N) is 2. The second-order valence-electron chi connectivity index (χ2n) is 7.74. The third-order valence-electron chi connectivity index (χ3n) is 5.74. The molecule has 1 aromatic carbocycles. The van der Waals surface area contributed by atoms with Crippen molar-refractivity contribution in [1.29, 1.82) is 0 Å². The monoisotopic (exact) mass is 368 g/mol. The van der Waals surface area contributed by atoms with Crippen molar-refractivity contribution in [3.8, 4) is 0 Å². The zero-order valence-electron chi connectivity index (χ0n) is 17.1. The Bertz CT molecular complexity index is 768. The summed E-state index contributed by atoms with van der Waals surface area (Å²) in [5, 5.41) is 6.89. The van der Waals surface area contributed by atoms with Crippen molar-refractivity contribution in [3.63, 3.8) is 0 Å². The van der Waals surface area contributed by atoms with E-state index in [1.165, 1.54) is 43.2 Å². The number of rotatable bonds is 5. The summed E-state index contributed by atoms with van der Waals surface area (Å²) < 4.78 is 5.65. The van der Waals surface area contributed by atoms with Gasteiger partial charge in [0.25, 0.3) is 0 Å². The van der Waals surface area contributed by atoms with Gasteiger partial charge in [-0.05, 0) is 39.2 Å². The minimum Gasteiger partial charge on any atom is -0.444 e. The maximum absolute atomic E-state index is 5.65. The van der Waals surface area contributed by atoms with E-state index in [-0.39, 0.29) is 5.41 Å². The van der Waals surface area contributed by atoms with Gasteiger partial charge in [0, 0.05) is 19.0 Å². The molecule has 0 spiro atoms. The van der Waals surface area contributed by atoms with Crippen LogP contribution in [0.4, 0.5) is 0 Å². The van der Waals surface area contributed by atoms with Gasteiger partial charge in [0.05, 0.1) is 12.2 Å². The number of nitrogens with zero attached hydrogens (tertiary/aromatic N) is 2. The third kappa shape index (κ3) is 4.71. The van der Waals surface area contributed by atoms with Gasteiger partial charge < -0.3 is 15.1 Å². The van der Waals surface area contributed by atoms with E-state index in [1.807, 2.05) is 20.9 Å². The van der Waals surface area contributed by atoms with E-state index in [1.54, 1.807) is 0 Å². The van der Waals surface area contributed by atoms with Crippen LogP contribution in [-0.2, 0) is 12.0 Å². The Morgan fingerprint density at radius 3 is 2.56 bits per heavy atom. The van der Waals surface area contributed by atoms with Gasteiger partial charge in [-0.25, -0.2) is 4.98 Å². The molecule has 0 amide bonds. The van der Waals surface area contributed by atoms with Crippen molar-refractivity contribution in [3.05, 3.63) is 52.7 Å². The second-order valence-corrected chi connectivity index (χ2v) is 7.74. The Morgan fingerprint density at radius 2 is 1.93 bits per heavy atom. The Balaban J connectivity index is 1.66. The Hall–Kier alpha value is -2.30. The van der Waals surface area contributed by atoms with Crippen LogP contribution >= 0.6 is 0 Å². The van der Waals surface area contributed by atoms with E-state index in [4.69, 9.17) is 4.42 Å². The zero-order valence-corrected chi connectivity index (χ0v) is 17.1. The average Bonchev–Trinajstić information content (AvgIpc) is 3.00. The van der Waals surface area contributed by atoms with Gasteiger partial charge in [-0.3, -0.25) is 4.99 Å². The fraction of sp³-hybridized carbons (Fsp3) is 0.545. The predicted molar refractivity (Wildman–Crippen MR) is 110 cm³/mol. The molecule has 0 radical (unpaired) electrons. The molecule has 2 N–H and O–H groups in total. The molecule has 0 atom stereocenters. The topological polar surface area (TPSA) is 62.5 Å². The highest BCUT2D eigenvalue weighted by molar-refractivity contribution is 5.79. The summed E-state index contributed by atoms with van der Waals surface area (Å²) in [6.07, 6.45) is 6.35. The highest BCUT2D eigenvalue weighted by Gasteiger charge is 2.34. The molecule has 0 unspecified atom stereocenters. The first-order valence-corrected chi connectivity index (χ1v) is 9.97. The number of hydrogen-bond acceptors (Lipinski definition) is 3. The number of aliphatic imine (C=N–C) groups is 1. The SMILES string of the molecule is CN=C(NCc1nc(C)c(C)o1)NCC1(c2cccc(C)c2)CCCCC1. The molecule has 3 rings (SSSR count). The summed E-state index contributed by atoms with van der Waals surface area (Å²) in [5.74, 6) is 2.36. The Morgan fingerprint density at radius 1 is 1.15 bits per heavy atom. The summed E-state index contributed by atoms with van der Waals surface area (Å²) in [4.78, 5) is 8.81. The minimum absolute atomic E-state index is 0.179. The number of hydrogen-bond donors (Lipinski definition) is 2. The van der Waals surface area contributed by atoms with E-state index < -0.39 is 0 Å². The normalized spacial score (nSPS) is 17.0. The van der Waals surface area contributed by atoms with Gasteiger partial charge in [0.1, 0.15) is 5.76 Å². The van der Waals surface area contributed by atoms with E-state index in [0.29, 0.717) is 12.4 Å². The van der Waals surface area contributed by atoms with Gasteiger partial charge in [-0.1, -0.05) is 49.1 Å².